The van der Waals surface area contributed by atoms with Gasteiger partial charge >= 0.3 is 5.97 Å². The number of carbonyl (C=O) groups excluding carboxylic acids is 1. The van der Waals surface area contributed by atoms with Gasteiger partial charge in [0.2, 0.25) is 0 Å². The quantitative estimate of drug-likeness (QED) is 0.413. The van der Waals surface area contributed by atoms with Gasteiger partial charge in [-0.15, -0.1) is 12.4 Å². The van der Waals surface area contributed by atoms with Crippen molar-refractivity contribution >= 4 is 29.3 Å². The van der Waals surface area contributed by atoms with Crippen LogP contribution in [-0.4, -0.2) is 20.6 Å². The van der Waals surface area contributed by atoms with Crippen LogP contribution in [0.1, 0.15) is 59.2 Å². The molecule has 9 heteroatoms. The van der Waals surface area contributed by atoms with Gasteiger partial charge < -0.3 is 20.1 Å². The van der Waals surface area contributed by atoms with E-state index in [1.165, 1.54) is 6.07 Å². The van der Waals surface area contributed by atoms with E-state index in [0.29, 0.717) is 35.3 Å². The second kappa shape index (κ2) is 7.09. The molecule has 0 saturated heterocycles. The summed E-state index contributed by atoms with van der Waals surface area (Å²) >= 11 is 0. The number of cyclic esters (lactones) is 1. The molecule has 0 fully saturated rings. The second-order valence-electron chi connectivity index (χ2n) is 8.96. The van der Waals surface area contributed by atoms with Gasteiger partial charge in [-0.05, 0) is 48.9 Å². The molecule has 4 heterocycles. The van der Waals surface area contributed by atoms with Crippen LogP contribution in [0.3, 0.4) is 0 Å². The van der Waals surface area contributed by atoms with Gasteiger partial charge in [0.1, 0.15) is 12.4 Å². The number of rotatable bonds is 1. The number of esters is 1. The number of nitrogens with zero attached hydrogens (tertiary/aromatic N) is 2. The number of ether oxygens (including phenoxy) is 1. The summed E-state index contributed by atoms with van der Waals surface area (Å²) in [7, 11) is 0. The van der Waals surface area contributed by atoms with Crippen molar-refractivity contribution in [3.05, 3.63) is 61.7 Å². The predicted octanol–water partition coefficient (Wildman–Crippen LogP) is 2.89. The van der Waals surface area contributed by atoms with Crippen molar-refractivity contribution in [2.24, 2.45) is 5.73 Å². The van der Waals surface area contributed by atoms with Gasteiger partial charge in [0.15, 0.2) is 5.60 Å². The number of aromatic nitrogens is 2. The van der Waals surface area contributed by atoms with Gasteiger partial charge in [0, 0.05) is 28.6 Å². The Balaban J connectivity index is 0.00000228. The van der Waals surface area contributed by atoms with Crippen molar-refractivity contribution in [3.63, 3.8) is 0 Å². The summed E-state index contributed by atoms with van der Waals surface area (Å²) in [6.07, 6.45) is 1.44. The van der Waals surface area contributed by atoms with E-state index >= 15 is 0 Å². The lowest BCUT2D eigenvalue weighted by atomic mass is 9.82. The third-order valence-electron chi connectivity index (χ3n) is 7.42. The first-order valence-electron chi connectivity index (χ1n) is 10.8. The highest BCUT2D eigenvalue weighted by Gasteiger charge is 2.45. The SMILES string of the molecule is CC[C@]1(O)C(=O)OCc2c1cc1n(c2=O)Cc2c-1nc1cc(F)c(C)c3c1c2C(N)CC3.Cl. The molecule has 0 radical (unpaired) electrons. The van der Waals surface area contributed by atoms with Gasteiger partial charge in [-0.25, -0.2) is 14.2 Å². The summed E-state index contributed by atoms with van der Waals surface area (Å²) in [6, 6.07) is 2.84. The molecule has 3 aliphatic rings. The minimum absolute atomic E-state index is 0. The Bertz CT molecular complexity index is 1450. The molecule has 2 aliphatic heterocycles. The number of fused-ring (bicyclic) bond motifs is 5. The lowest BCUT2D eigenvalue weighted by molar-refractivity contribution is -0.172. The fourth-order valence-electron chi connectivity index (χ4n) is 5.59. The van der Waals surface area contributed by atoms with Crippen LogP contribution in [0, 0.1) is 12.7 Å². The van der Waals surface area contributed by atoms with E-state index in [9.17, 15) is 19.1 Å². The number of nitrogens with two attached hydrogens (primary N) is 1. The molecule has 33 heavy (non-hydrogen) atoms. The zero-order chi connectivity index (χ0) is 22.5. The number of pyridine rings is 2. The zero-order valence-corrected chi connectivity index (χ0v) is 19.0. The van der Waals surface area contributed by atoms with E-state index in [0.717, 1.165) is 22.1 Å². The molecule has 172 valence electrons. The predicted molar refractivity (Wildman–Crippen MR) is 122 cm³/mol. The number of halogens is 2. The fourth-order valence-corrected chi connectivity index (χ4v) is 5.59. The number of aryl methyl sites for hydroxylation is 1. The van der Waals surface area contributed by atoms with Crippen LogP contribution in [0.15, 0.2) is 16.9 Å². The Labute approximate surface area is 194 Å². The van der Waals surface area contributed by atoms with Crippen LogP contribution in [0.4, 0.5) is 4.39 Å². The number of hydrogen-bond acceptors (Lipinski definition) is 6. The average molecular weight is 472 g/mol. The molecule has 0 saturated carbocycles. The van der Waals surface area contributed by atoms with Crippen molar-refractivity contribution < 1.29 is 19.0 Å². The zero-order valence-electron chi connectivity index (χ0n) is 18.2. The number of hydrogen-bond donors (Lipinski definition) is 2. The Morgan fingerprint density at radius 2 is 2.06 bits per heavy atom. The normalized spacial score (nSPS) is 22.3. The molecule has 7 nitrogen and oxygen atoms in total. The third-order valence-corrected chi connectivity index (χ3v) is 7.42. The van der Waals surface area contributed by atoms with Crippen molar-refractivity contribution in [2.75, 3.05) is 0 Å². The average Bonchev–Trinajstić information content (AvgIpc) is 3.14. The van der Waals surface area contributed by atoms with E-state index in [4.69, 9.17) is 15.5 Å². The Kier molecular flexibility index (Phi) is 4.73. The number of carbonyl (C=O) groups is 1. The molecular formula is C24H23ClFN3O4. The van der Waals surface area contributed by atoms with Crippen molar-refractivity contribution in [1.29, 1.82) is 0 Å². The van der Waals surface area contributed by atoms with E-state index in [1.807, 2.05) is 0 Å². The second-order valence-corrected chi connectivity index (χ2v) is 8.96. The topological polar surface area (TPSA) is 107 Å². The summed E-state index contributed by atoms with van der Waals surface area (Å²) in [4.78, 5) is 30.5. The maximum absolute atomic E-state index is 14.7. The van der Waals surface area contributed by atoms with Gasteiger partial charge in [-0.3, -0.25) is 4.79 Å². The highest BCUT2D eigenvalue weighted by atomic mass is 35.5. The molecule has 1 aliphatic carbocycles. The first-order valence-corrected chi connectivity index (χ1v) is 10.8. The molecule has 0 amide bonds. The Hall–Kier alpha value is -2.81. The van der Waals surface area contributed by atoms with E-state index < -0.39 is 11.6 Å². The van der Waals surface area contributed by atoms with Gasteiger partial charge in [-0.1, -0.05) is 6.92 Å². The summed E-state index contributed by atoms with van der Waals surface area (Å²) in [5.74, 6) is -1.08. The summed E-state index contributed by atoms with van der Waals surface area (Å²) in [5, 5.41) is 11.9. The van der Waals surface area contributed by atoms with E-state index in [-0.39, 0.29) is 60.5 Å². The highest BCUT2D eigenvalue weighted by Crippen LogP contribution is 2.45. The summed E-state index contributed by atoms with van der Waals surface area (Å²) in [5.41, 5.74) is 9.72. The molecule has 2 atom stereocenters. The molecular weight excluding hydrogens is 449 g/mol. The first-order chi connectivity index (χ1) is 15.3. The summed E-state index contributed by atoms with van der Waals surface area (Å²) < 4.78 is 21.4. The number of aliphatic hydroxyl groups is 1. The first kappa shape index (κ1) is 22.0. The Morgan fingerprint density at radius 3 is 2.79 bits per heavy atom. The maximum Gasteiger partial charge on any atom is 0.343 e. The molecule has 1 unspecified atom stereocenters. The van der Waals surface area contributed by atoms with Gasteiger partial charge in [-0.2, -0.15) is 0 Å². The number of benzene rings is 1. The maximum atomic E-state index is 14.7. The van der Waals surface area contributed by atoms with Crippen LogP contribution in [0.5, 0.6) is 0 Å². The molecule has 6 rings (SSSR count). The minimum atomic E-state index is -1.89. The third kappa shape index (κ3) is 2.65. The molecule has 1 aromatic carbocycles. The Morgan fingerprint density at radius 1 is 1.30 bits per heavy atom. The lowest BCUT2D eigenvalue weighted by Gasteiger charge is -2.31. The standard InChI is InChI=1S/C24H22FN3O4.ClH/c1-3-24(31)14-6-18-21-12(8-28(18)22(29)13(14)9-32-23(24)30)19-16(26)5-4-11-10(2)15(25)7-17(27-21)20(11)19;/h6-7,16,31H,3-5,8-9,26H2,1-2H3;1H/t16?,24-;/m1./s1. The van der Waals surface area contributed by atoms with E-state index in [1.54, 1.807) is 24.5 Å². The van der Waals surface area contributed by atoms with Crippen LogP contribution < -0.4 is 11.3 Å². The smallest absolute Gasteiger partial charge is 0.343 e. The van der Waals surface area contributed by atoms with Gasteiger partial charge in [0.05, 0.1) is 29.0 Å². The largest absolute Gasteiger partial charge is 0.458 e. The van der Waals surface area contributed by atoms with Crippen LogP contribution in [0.25, 0.3) is 22.3 Å². The monoisotopic (exact) mass is 471 g/mol. The molecule has 3 N–H and O–H groups in total. The van der Waals surface area contributed by atoms with Crippen molar-refractivity contribution in [3.8, 4) is 11.4 Å². The molecule has 0 bridgehead atoms. The molecule has 0 spiro atoms. The van der Waals surface area contributed by atoms with Crippen LogP contribution in [0.2, 0.25) is 0 Å². The van der Waals surface area contributed by atoms with Crippen LogP contribution >= 0.6 is 12.4 Å². The van der Waals surface area contributed by atoms with Gasteiger partial charge in [0.25, 0.3) is 5.56 Å². The summed E-state index contributed by atoms with van der Waals surface area (Å²) in [6.45, 7) is 3.55. The van der Waals surface area contributed by atoms with E-state index in [2.05, 4.69) is 0 Å². The molecule has 2 aromatic heterocycles. The van der Waals surface area contributed by atoms with Crippen molar-refractivity contribution in [1.82, 2.24) is 9.55 Å². The van der Waals surface area contributed by atoms with Crippen molar-refractivity contribution in [2.45, 2.75) is 57.9 Å². The minimum Gasteiger partial charge on any atom is -0.458 e. The highest BCUT2D eigenvalue weighted by molar-refractivity contribution is 5.93. The molecule has 3 aromatic rings. The van der Waals surface area contributed by atoms with Crippen LogP contribution in [-0.2, 0) is 34.7 Å². The fraction of sp³-hybridized carbons (Fsp3) is 0.375. The lowest BCUT2D eigenvalue weighted by Crippen LogP contribution is -2.44.